The quantitative estimate of drug-likeness (QED) is 0.913. The molecule has 2 N–H and O–H groups in total. The minimum Gasteiger partial charge on any atom is -0.495 e. The van der Waals surface area contributed by atoms with E-state index in [0.29, 0.717) is 5.56 Å². The Balaban J connectivity index is 2.68. The number of para-hydroxylation sites is 1. The van der Waals surface area contributed by atoms with Gasteiger partial charge in [-0.1, -0.05) is 12.1 Å². The highest BCUT2D eigenvalue weighted by molar-refractivity contribution is 5.79. The maximum Gasteiger partial charge on any atom is 0.419 e. The molecule has 19 heavy (non-hydrogen) atoms. The molecule has 0 bridgehead atoms. The predicted octanol–water partition coefficient (Wildman–Crippen LogP) is 2.70. The molecule has 0 fully saturated rings. The highest BCUT2D eigenvalue weighted by Gasteiger charge is 2.35. The summed E-state index contributed by atoms with van der Waals surface area (Å²) in [6.45, 7) is 0. The van der Waals surface area contributed by atoms with E-state index in [4.69, 9.17) is 10.5 Å². The molecule has 0 aliphatic rings. The van der Waals surface area contributed by atoms with Gasteiger partial charge in [0.2, 0.25) is 0 Å². The number of nitrogens with two attached hydrogens (primary N) is 1. The number of anilines is 1. The fraction of sp³-hybridized carbons (Fsp3) is 0.250. The number of nitrogens with zero attached hydrogens (tertiary/aromatic N) is 2. The van der Waals surface area contributed by atoms with Crippen LogP contribution in [0.1, 0.15) is 5.56 Å². The van der Waals surface area contributed by atoms with Crippen molar-refractivity contribution in [3.8, 4) is 16.9 Å². The fourth-order valence-corrected chi connectivity index (χ4v) is 1.85. The zero-order valence-corrected chi connectivity index (χ0v) is 10.3. The van der Waals surface area contributed by atoms with Crippen molar-refractivity contribution in [3.05, 3.63) is 30.0 Å². The van der Waals surface area contributed by atoms with Gasteiger partial charge in [-0.25, -0.2) is 0 Å². The second-order valence-corrected chi connectivity index (χ2v) is 3.95. The van der Waals surface area contributed by atoms with Crippen LogP contribution in [0.4, 0.5) is 19.0 Å². The summed E-state index contributed by atoms with van der Waals surface area (Å²) >= 11 is 0. The number of hydrogen-bond donors (Lipinski definition) is 1. The van der Waals surface area contributed by atoms with Crippen LogP contribution < -0.4 is 10.5 Å². The van der Waals surface area contributed by atoms with Gasteiger partial charge in [-0.2, -0.15) is 18.3 Å². The summed E-state index contributed by atoms with van der Waals surface area (Å²) in [7, 11) is 2.81. The van der Waals surface area contributed by atoms with Gasteiger partial charge in [0.1, 0.15) is 11.6 Å². The summed E-state index contributed by atoms with van der Waals surface area (Å²) in [5.41, 5.74) is 5.62. The van der Waals surface area contributed by atoms with Crippen molar-refractivity contribution in [2.75, 3.05) is 12.8 Å². The lowest BCUT2D eigenvalue weighted by Gasteiger charge is -2.15. The SMILES string of the molecule is COc1c(-c2cnn(C)c2N)cccc1C(F)(F)F. The smallest absolute Gasteiger partial charge is 0.419 e. The first-order valence-electron chi connectivity index (χ1n) is 5.38. The Morgan fingerprint density at radius 2 is 1.95 bits per heavy atom. The van der Waals surface area contributed by atoms with Crippen molar-refractivity contribution in [2.24, 2.45) is 7.05 Å². The van der Waals surface area contributed by atoms with E-state index in [1.807, 2.05) is 0 Å². The van der Waals surface area contributed by atoms with Gasteiger partial charge in [0.25, 0.3) is 0 Å². The highest BCUT2D eigenvalue weighted by atomic mass is 19.4. The van der Waals surface area contributed by atoms with E-state index in [1.54, 1.807) is 7.05 Å². The van der Waals surface area contributed by atoms with Crippen LogP contribution in [0.15, 0.2) is 24.4 Å². The predicted molar refractivity (Wildman–Crippen MR) is 64.6 cm³/mol. The summed E-state index contributed by atoms with van der Waals surface area (Å²) in [4.78, 5) is 0. The number of methoxy groups -OCH3 is 1. The third kappa shape index (κ3) is 2.23. The Labute approximate surface area is 107 Å². The maximum atomic E-state index is 12.9. The molecular formula is C12H12F3N3O. The lowest BCUT2D eigenvalue weighted by molar-refractivity contribution is -0.138. The average Bonchev–Trinajstić information content (AvgIpc) is 2.68. The van der Waals surface area contributed by atoms with E-state index in [0.717, 1.165) is 6.07 Å². The number of hydrogen-bond acceptors (Lipinski definition) is 3. The van der Waals surface area contributed by atoms with Crippen LogP contribution in [0.2, 0.25) is 0 Å². The molecule has 0 radical (unpaired) electrons. The molecule has 0 unspecified atom stereocenters. The normalized spacial score (nSPS) is 11.6. The molecule has 2 aromatic rings. The topological polar surface area (TPSA) is 53.1 Å². The standard InChI is InChI=1S/C12H12F3N3O/c1-18-11(16)8(6-17-18)7-4-3-5-9(10(7)19-2)12(13,14)15/h3-6H,16H2,1-2H3. The number of benzene rings is 1. The van der Waals surface area contributed by atoms with Crippen molar-refractivity contribution < 1.29 is 17.9 Å². The van der Waals surface area contributed by atoms with Crippen molar-refractivity contribution in [1.82, 2.24) is 9.78 Å². The van der Waals surface area contributed by atoms with Crippen LogP contribution in [0.25, 0.3) is 11.1 Å². The van der Waals surface area contributed by atoms with Gasteiger partial charge in [-0.15, -0.1) is 0 Å². The number of nitrogen functional groups attached to an aromatic ring is 1. The largest absolute Gasteiger partial charge is 0.495 e. The Hall–Kier alpha value is -2.18. The lowest BCUT2D eigenvalue weighted by Crippen LogP contribution is -2.08. The summed E-state index contributed by atoms with van der Waals surface area (Å²) in [5.74, 6) is 0.0207. The number of aromatic nitrogens is 2. The van der Waals surface area contributed by atoms with Crippen molar-refractivity contribution in [2.45, 2.75) is 6.18 Å². The number of halogens is 3. The molecule has 0 saturated heterocycles. The molecule has 1 aromatic carbocycles. The van der Waals surface area contributed by atoms with Gasteiger partial charge >= 0.3 is 6.18 Å². The Morgan fingerprint density at radius 3 is 2.42 bits per heavy atom. The van der Waals surface area contributed by atoms with Crippen LogP contribution in [0.3, 0.4) is 0 Å². The number of alkyl halides is 3. The van der Waals surface area contributed by atoms with Crippen LogP contribution in [0.5, 0.6) is 5.75 Å². The molecule has 7 heteroatoms. The van der Waals surface area contributed by atoms with Crippen LogP contribution in [0, 0.1) is 0 Å². The van der Waals surface area contributed by atoms with Gasteiger partial charge < -0.3 is 10.5 Å². The first-order chi connectivity index (χ1) is 8.86. The van der Waals surface area contributed by atoms with E-state index in [2.05, 4.69) is 5.10 Å². The van der Waals surface area contributed by atoms with E-state index >= 15 is 0 Å². The molecule has 0 atom stereocenters. The minimum absolute atomic E-state index is 0.255. The van der Waals surface area contributed by atoms with Gasteiger partial charge in [-0.05, 0) is 6.07 Å². The zero-order chi connectivity index (χ0) is 14.2. The van der Waals surface area contributed by atoms with Gasteiger partial charge in [-0.3, -0.25) is 4.68 Å². The molecule has 4 nitrogen and oxygen atoms in total. The summed E-state index contributed by atoms with van der Waals surface area (Å²) in [5, 5.41) is 3.91. The first-order valence-corrected chi connectivity index (χ1v) is 5.38. The first kappa shape index (κ1) is 13.3. The number of aryl methyl sites for hydroxylation is 1. The molecule has 0 aliphatic heterocycles. The van der Waals surface area contributed by atoms with Crippen molar-refractivity contribution >= 4 is 5.82 Å². The second-order valence-electron chi connectivity index (χ2n) is 3.95. The Kier molecular flexibility index (Phi) is 3.13. The van der Waals surface area contributed by atoms with Gasteiger partial charge in [0.05, 0.1) is 18.9 Å². The average molecular weight is 271 g/mol. The third-order valence-corrected chi connectivity index (χ3v) is 2.80. The third-order valence-electron chi connectivity index (χ3n) is 2.80. The van der Waals surface area contributed by atoms with Gasteiger partial charge in [0.15, 0.2) is 0 Å². The molecule has 0 amide bonds. The van der Waals surface area contributed by atoms with E-state index < -0.39 is 11.7 Å². The molecule has 2 rings (SSSR count). The molecule has 0 aliphatic carbocycles. The van der Waals surface area contributed by atoms with Crippen LogP contribution in [-0.4, -0.2) is 16.9 Å². The summed E-state index contributed by atoms with van der Waals surface area (Å²) < 4.78 is 45.0. The van der Waals surface area contributed by atoms with Crippen molar-refractivity contribution in [1.29, 1.82) is 0 Å². The minimum atomic E-state index is -4.49. The highest BCUT2D eigenvalue weighted by Crippen LogP contribution is 2.42. The summed E-state index contributed by atoms with van der Waals surface area (Å²) in [6, 6.07) is 3.80. The monoisotopic (exact) mass is 271 g/mol. The zero-order valence-electron chi connectivity index (χ0n) is 10.3. The molecule has 0 spiro atoms. The van der Waals surface area contributed by atoms with E-state index in [-0.39, 0.29) is 17.1 Å². The van der Waals surface area contributed by atoms with E-state index in [1.165, 1.54) is 30.1 Å². The molecule has 1 aromatic heterocycles. The Morgan fingerprint density at radius 1 is 1.26 bits per heavy atom. The molecule has 0 saturated carbocycles. The molecule has 1 heterocycles. The number of ether oxygens (including phenoxy) is 1. The number of rotatable bonds is 2. The fourth-order valence-electron chi connectivity index (χ4n) is 1.85. The molecular weight excluding hydrogens is 259 g/mol. The van der Waals surface area contributed by atoms with Crippen LogP contribution in [-0.2, 0) is 13.2 Å². The van der Waals surface area contributed by atoms with Crippen molar-refractivity contribution in [3.63, 3.8) is 0 Å². The van der Waals surface area contributed by atoms with Gasteiger partial charge in [0, 0.05) is 18.2 Å². The second kappa shape index (κ2) is 4.49. The van der Waals surface area contributed by atoms with Crippen LogP contribution >= 0.6 is 0 Å². The van der Waals surface area contributed by atoms with E-state index in [9.17, 15) is 13.2 Å². The Bertz CT molecular complexity index is 605. The summed E-state index contributed by atoms with van der Waals surface area (Å²) in [6.07, 6.45) is -3.08. The lowest BCUT2D eigenvalue weighted by atomic mass is 10.0. The maximum absolute atomic E-state index is 12.9. The molecule has 102 valence electrons.